The molecule has 1 atom stereocenters. The summed E-state index contributed by atoms with van der Waals surface area (Å²) >= 11 is 1.53. The molecule has 2 amide bonds. The smallest absolute Gasteiger partial charge is 0.255 e. The highest BCUT2D eigenvalue weighted by molar-refractivity contribution is 8.00. The largest absolute Gasteiger partial charge is 0.490 e. The molecule has 2 aromatic carbocycles. The maximum Gasteiger partial charge on any atom is 0.255 e. The molecule has 3 N–H and O–H groups in total. The predicted molar refractivity (Wildman–Crippen MR) is 128 cm³/mol. The minimum atomic E-state index is -0.561. The van der Waals surface area contributed by atoms with E-state index in [1.54, 1.807) is 6.07 Å². The highest BCUT2D eigenvalue weighted by atomic mass is 32.2. The van der Waals surface area contributed by atoms with Crippen LogP contribution in [0.1, 0.15) is 34.6 Å². The Balaban J connectivity index is 1.80. The van der Waals surface area contributed by atoms with Crippen LogP contribution in [0.4, 0.5) is 5.82 Å². The standard InChI is InChI=1S/C24H26N4O4S/c1-4-31-19-11-16(9-10-18(19)32-12-20(25)29)23-22-15(3)27-28(17-8-6-5-7-14(17)2)24(22)26-21(30)13-33-23/h5-11,23H,4,12-13H2,1-3H3,(H2,25,29)(H,26,30)/t23-/m0/s1. The second-order valence-corrected chi connectivity index (χ2v) is 8.77. The van der Waals surface area contributed by atoms with Crippen LogP contribution in [-0.4, -0.2) is 40.6 Å². The first-order chi connectivity index (χ1) is 15.9. The number of thioether (sulfide) groups is 1. The molecule has 0 saturated heterocycles. The number of primary amides is 1. The normalized spacial score (nSPS) is 15.4. The number of hydrogen-bond acceptors (Lipinski definition) is 6. The molecule has 0 bridgehead atoms. The van der Waals surface area contributed by atoms with Crippen molar-refractivity contribution in [2.45, 2.75) is 26.0 Å². The third-order valence-electron chi connectivity index (χ3n) is 5.29. The second-order valence-electron chi connectivity index (χ2n) is 7.68. The number of benzene rings is 2. The summed E-state index contributed by atoms with van der Waals surface area (Å²) in [6, 6.07) is 13.5. The van der Waals surface area contributed by atoms with Gasteiger partial charge >= 0.3 is 0 Å². The molecule has 33 heavy (non-hydrogen) atoms. The highest BCUT2D eigenvalue weighted by Crippen LogP contribution is 2.45. The van der Waals surface area contributed by atoms with Crippen molar-refractivity contribution in [1.82, 2.24) is 9.78 Å². The van der Waals surface area contributed by atoms with Crippen molar-refractivity contribution in [1.29, 1.82) is 0 Å². The molecule has 8 nitrogen and oxygen atoms in total. The summed E-state index contributed by atoms with van der Waals surface area (Å²) in [5.41, 5.74) is 9.91. The predicted octanol–water partition coefficient (Wildman–Crippen LogP) is 3.53. The monoisotopic (exact) mass is 466 g/mol. The van der Waals surface area contributed by atoms with Crippen LogP contribution in [0.5, 0.6) is 11.5 Å². The van der Waals surface area contributed by atoms with Crippen molar-refractivity contribution in [2.75, 3.05) is 24.3 Å². The summed E-state index contributed by atoms with van der Waals surface area (Å²) in [6.45, 7) is 6.04. The van der Waals surface area contributed by atoms with Crippen LogP contribution in [0.3, 0.4) is 0 Å². The van der Waals surface area contributed by atoms with Gasteiger partial charge in [0.25, 0.3) is 5.91 Å². The average Bonchev–Trinajstić information content (AvgIpc) is 2.98. The van der Waals surface area contributed by atoms with Crippen molar-refractivity contribution in [3.8, 4) is 17.2 Å². The van der Waals surface area contributed by atoms with E-state index in [1.807, 2.05) is 61.9 Å². The molecule has 1 aliphatic rings. The number of amides is 2. The quantitative estimate of drug-likeness (QED) is 0.552. The number of para-hydroxylation sites is 1. The maximum absolute atomic E-state index is 12.6. The molecule has 0 unspecified atom stereocenters. The Kier molecular flexibility index (Phi) is 6.60. The van der Waals surface area contributed by atoms with E-state index in [0.29, 0.717) is 29.7 Å². The number of nitrogens with one attached hydrogen (secondary N) is 1. The minimum Gasteiger partial charge on any atom is -0.490 e. The summed E-state index contributed by atoms with van der Waals surface area (Å²) < 4.78 is 13.1. The van der Waals surface area contributed by atoms with Crippen LogP contribution >= 0.6 is 11.8 Å². The molecule has 172 valence electrons. The highest BCUT2D eigenvalue weighted by Gasteiger charge is 2.31. The van der Waals surface area contributed by atoms with Gasteiger partial charge in [0.1, 0.15) is 5.82 Å². The summed E-state index contributed by atoms with van der Waals surface area (Å²) in [6.07, 6.45) is 0. The van der Waals surface area contributed by atoms with Gasteiger partial charge in [0.15, 0.2) is 18.1 Å². The molecule has 3 aromatic rings. The Morgan fingerprint density at radius 1 is 1.21 bits per heavy atom. The number of nitrogens with two attached hydrogens (primary N) is 1. The number of rotatable bonds is 7. The molecular formula is C24H26N4O4S. The SMILES string of the molecule is CCOc1cc([C@@H]2SCC(=O)Nc3c2c(C)nn3-c2ccccc2C)ccc1OCC(N)=O. The van der Waals surface area contributed by atoms with E-state index in [-0.39, 0.29) is 17.8 Å². The zero-order valence-electron chi connectivity index (χ0n) is 18.8. The number of aromatic nitrogens is 2. The molecule has 0 fully saturated rings. The number of fused-ring (bicyclic) bond motifs is 1. The molecule has 1 aromatic heterocycles. The first-order valence-electron chi connectivity index (χ1n) is 10.6. The third kappa shape index (κ3) is 4.68. The Bertz CT molecular complexity index is 1210. The van der Waals surface area contributed by atoms with Crippen LogP contribution in [0.25, 0.3) is 5.69 Å². The summed E-state index contributed by atoms with van der Waals surface area (Å²) in [7, 11) is 0. The van der Waals surface area contributed by atoms with Crippen molar-refractivity contribution in [3.05, 3.63) is 64.8 Å². The van der Waals surface area contributed by atoms with Crippen molar-refractivity contribution in [3.63, 3.8) is 0 Å². The second kappa shape index (κ2) is 9.58. The van der Waals surface area contributed by atoms with Crippen molar-refractivity contribution < 1.29 is 19.1 Å². The number of hydrogen-bond donors (Lipinski definition) is 2. The number of aryl methyl sites for hydroxylation is 2. The zero-order chi connectivity index (χ0) is 23.5. The van der Waals surface area contributed by atoms with Gasteiger partial charge in [-0.2, -0.15) is 5.10 Å². The van der Waals surface area contributed by atoms with Gasteiger partial charge in [-0.15, -0.1) is 11.8 Å². The van der Waals surface area contributed by atoms with E-state index in [2.05, 4.69) is 5.32 Å². The fourth-order valence-electron chi connectivity index (χ4n) is 3.85. The lowest BCUT2D eigenvalue weighted by molar-refractivity contribution is -0.120. The molecule has 9 heteroatoms. The molecule has 0 spiro atoms. The molecule has 4 rings (SSSR count). The molecule has 0 radical (unpaired) electrons. The number of carbonyl (C=O) groups excluding carboxylic acids is 2. The summed E-state index contributed by atoms with van der Waals surface area (Å²) in [5, 5.41) is 7.68. The van der Waals surface area contributed by atoms with Crippen molar-refractivity contribution >= 4 is 29.4 Å². The summed E-state index contributed by atoms with van der Waals surface area (Å²) in [4.78, 5) is 23.8. The lowest BCUT2D eigenvalue weighted by Crippen LogP contribution is -2.20. The lowest BCUT2D eigenvalue weighted by Gasteiger charge is -2.18. The van der Waals surface area contributed by atoms with E-state index in [0.717, 1.165) is 28.1 Å². The van der Waals surface area contributed by atoms with E-state index >= 15 is 0 Å². The number of ether oxygens (including phenoxy) is 2. The first-order valence-corrected chi connectivity index (χ1v) is 11.7. The van der Waals surface area contributed by atoms with Crippen LogP contribution in [0.2, 0.25) is 0 Å². The van der Waals surface area contributed by atoms with Crippen molar-refractivity contribution in [2.24, 2.45) is 5.73 Å². The fourth-order valence-corrected chi connectivity index (χ4v) is 5.02. The molecule has 2 heterocycles. The average molecular weight is 467 g/mol. The first kappa shape index (κ1) is 22.7. The van der Waals surface area contributed by atoms with Gasteiger partial charge in [0, 0.05) is 5.56 Å². The summed E-state index contributed by atoms with van der Waals surface area (Å²) in [5.74, 6) is 1.30. The maximum atomic E-state index is 12.6. The number of nitrogens with zero attached hydrogens (tertiary/aromatic N) is 2. The zero-order valence-corrected chi connectivity index (χ0v) is 19.6. The number of anilines is 1. The molecule has 1 aliphatic heterocycles. The fraction of sp³-hybridized carbons (Fsp3) is 0.292. The van der Waals surface area contributed by atoms with Crippen LogP contribution in [0.15, 0.2) is 42.5 Å². The van der Waals surface area contributed by atoms with Gasteiger partial charge in [-0.05, 0) is 50.1 Å². The van der Waals surface area contributed by atoms with Crippen LogP contribution in [-0.2, 0) is 9.59 Å². The van der Waals surface area contributed by atoms with Gasteiger partial charge in [-0.25, -0.2) is 4.68 Å². The van der Waals surface area contributed by atoms with Gasteiger partial charge in [-0.3, -0.25) is 9.59 Å². The van der Waals surface area contributed by atoms with E-state index in [1.165, 1.54) is 11.8 Å². The Morgan fingerprint density at radius 2 is 2.00 bits per heavy atom. The third-order valence-corrected chi connectivity index (χ3v) is 6.56. The van der Waals surface area contributed by atoms with Gasteiger partial charge in [0.05, 0.1) is 29.0 Å². The number of carbonyl (C=O) groups is 2. The topological polar surface area (TPSA) is 108 Å². The van der Waals surface area contributed by atoms with E-state index in [4.69, 9.17) is 20.3 Å². The molecular weight excluding hydrogens is 440 g/mol. The minimum absolute atomic E-state index is 0.0788. The lowest BCUT2D eigenvalue weighted by atomic mass is 10.0. The molecule has 0 aliphatic carbocycles. The van der Waals surface area contributed by atoms with Gasteiger partial charge < -0.3 is 20.5 Å². The van der Waals surface area contributed by atoms with Gasteiger partial charge in [-0.1, -0.05) is 24.3 Å². The Morgan fingerprint density at radius 3 is 2.73 bits per heavy atom. The van der Waals surface area contributed by atoms with Gasteiger partial charge in [0.2, 0.25) is 5.91 Å². The Labute approximate surface area is 196 Å². The van der Waals surface area contributed by atoms with E-state index < -0.39 is 5.91 Å². The van der Waals surface area contributed by atoms with E-state index in [9.17, 15) is 9.59 Å². The Hall–Kier alpha value is -3.46. The van der Waals surface area contributed by atoms with Crippen LogP contribution < -0.4 is 20.5 Å². The van der Waals surface area contributed by atoms with Crippen LogP contribution in [0, 0.1) is 13.8 Å². The molecule has 0 saturated carbocycles.